The number of carbonyl (C=O) groups is 1. The van der Waals surface area contributed by atoms with Gasteiger partial charge in [-0.05, 0) is 31.0 Å². The van der Waals surface area contributed by atoms with Crippen LogP contribution < -0.4 is 10.2 Å². The van der Waals surface area contributed by atoms with Gasteiger partial charge in [0.2, 0.25) is 10.0 Å². The highest BCUT2D eigenvalue weighted by Gasteiger charge is 2.34. The predicted molar refractivity (Wildman–Crippen MR) is 108 cm³/mol. The van der Waals surface area contributed by atoms with Gasteiger partial charge in [-0.1, -0.05) is 49.6 Å². The molecule has 2 aromatic rings. The second kappa shape index (κ2) is 8.04. The maximum absolute atomic E-state index is 12.3. The van der Waals surface area contributed by atoms with Crippen molar-refractivity contribution in [3.05, 3.63) is 84.3 Å². The topological polar surface area (TPSA) is 81.7 Å². The highest BCUT2D eigenvalue weighted by atomic mass is 32.2. The van der Waals surface area contributed by atoms with Gasteiger partial charge in [-0.15, -0.1) is 0 Å². The molecule has 1 aliphatic heterocycles. The number of rotatable bonds is 7. The normalized spacial score (nSPS) is 14.0. The van der Waals surface area contributed by atoms with Crippen molar-refractivity contribution in [1.82, 2.24) is 4.72 Å². The first-order chi connectivity index (χ1) is 13.3. The minimum absolute atomic E-state index is 0.109. The molecule has 2 aromatic carbocycles. The lowest BCUT2D eigenvalue weighted by Crippen LogP contribution is -2.31. The number of benzene rings is 2. The van der Waals surface area contributed by atoms with Crippen molar-refractivity contribution >= 4 is 28.4 Å². The molecule has 0 spiro atoms. The second-order valence-electron chi connectivity index (χ2n) is 6.38. The first kappa shape index (κ1) is 19.9. The SMILES string of the molecule is C=C1OB(c2ccc(CCNS(=O)(=O)c3ccc(C(C)=O)cc3)cc2)OC1=C. The minimum atomic E-state index is -3.63. The van der Waals surface area contributed by atoms with Gasteiger partial charge in [-0.2, -0.15) is 0 Å². The Labute approximate surface area is 165 Å². The highest BCUT2D eigenvalue weighted by Crippen LogP contribution is 2.20. The van der Waals surface area contributed by atoms with Crippen LogP contribution in [-0.4, -0.2) is 27.9 Å². The van der Waals surface area contributed by atoms with Crippen LogP contribution >= 0.6 is 0 Å². The Morgan fingerprint density at radius 3 is 2.11 bits per heavy atom. The number of sulfonamides is 1. The maximum Gasteiger partial charge on any atom is 0.632 e. The molecule has 0 aliphatic carbocycles. The van der Waals surface area contributed by atoms with Crippen LogP contribution in [0.2, 0.25) is 0 Å². The third-order valence-electron chi connectivity index (χ3n) is 4.34. The molecule has 1 aliphatic rings. The van der Waals surface area contributed by atoms with E-state index in [0.29, 0.717) is 23.5 Å². The Balaban J connectivity index is 1.56. The number of Topliss-reactive ketones (excluding diaryl/α,β-unsaturated/α-hetero) is 1. The van der Waals surface area contributed by atoms with Gasteiger partial charge in [-0.3, -0.25) is 4.79 Å². The smallest absolute Gasteiger partial charge is 0.520 e. The van der Waals surface area contributed by atoms with E-state index in [4.69, 9.17) is 9.31 Å². The molecule has 8 heteroatoms. The van der Waals surface area contributed by atoms with E-state index in [1.165, 1.54) is 31.2 Å². The zero-order chi connectivity index (χ0) is 20.3. The summed E-state index contributed by atoms with van der Waals surface area (Å²) in [6.07, 6.45) is 0.525. The van der Waals surface area contributed by atoms with Crippen molar-refractivity contribution in [1.29, 1.82) is 0 Å². The highest BCUT2D eigenvalue weighted by molar-refractivity contribution is 7.89. The fourth-order valence-corrected chi connectivity index (χ4v) is 3.71. The second-order valence-corrected chi connectivity index (χ2v) is 8.15. The van der Waals surface area contributed by atoms with Crippen LogP contribution in [0.1, 0.15) is 22.8 Å². The molecule has 0 atom stereocenters. The van der Waals surface area contributed by atoms with Crippen LogP contribution in [0.4, 0.5) is 0 Å². The van der Waals surface area contributed by atoms with Gasteiger partial charge in [0.1, 0.15) is 11.5 Å². The first-order valence-electron chi connectivity index (χ1n) is 8.67. The third-order valence-corrected chi connectivity index (χ3v) is 5.82. The first-order valence-corrected chi connectivity index (χ1v) is 10.2. The van der Waals surface area contributed by atoms with E-state index < -0.39 is 17.1 Å². The van der Waals surface area contributed by atoms with Gasteiger partial charge < -0.3 is 9.31 Å². The van der Waals surface area contributed by atoms with E-state index >= 15 is 0 Å². The molecular weight excluding hydrogens is 377 g/mol. The molecule has 0 amide bonds. The van der Waals surface area contributed by atoms with Crippen molar-refractivity contribution in [2.45, 2.75) is 18.2 Å². The monoisotopic (exact) mass is 397 g/mol. The Kier molecular flexibility index (Phi) is 5.72. The Hall–Kier alpha value is -2.84. The summed E-state index contributed by atoms with van der Waals surface area (Å²) < 4.78 is 38.2. The zero-order valence-corrected chi connectivity index (χ0v) is 16.3. The molecule has 0 aromatic heterocycles. The molecule has 0 bridgehead atoms. The molecule has 0 radical (unpaired) electrons. The van der Waals surface area contributed by atoms with Crippen molar-refractivity contribution in [2.24, 2.45) is 0 Å². The zero-order valence-electron chi connectivity index (χ0n) is 15.5. The molecule has 28 heavy (non-hydrogen) atoms. The summed E-state index contributed by atoms with van der Waals surface area (Å²) in [4.78, 5) is 11.4. The van der Waals surface area contributed by atoms with Crippen LogP contribution in [-0.2, 0) is 25.8 Å². The third kappa shape index (κ3) is 4.52. The molecule has 3 rings (SSSR count). The Morgan fingerprint density at radius 1 is 1.00 bits per heavy atom. The molecule has 1 fully saturated rings. The molecular formula is C20H20BNO5S. The van der Waals surface area contributed by atoms with Crippen LogP contribution in [0.3, 0.4) is 0 Å². The quantitative estimate of drug-likeness (QED) is 0.572. The van der Waals surface area contributed by atoms with Crippen molar-refractivity contribution in [3.63, 3.8) is 0 Å². The molecule has 1 N–H and O–H groups in total. The van der Waals surface area contributed by atoms with E-state index in [-0.39, 0.29) is 17.2 Å². The van der Waals surface area contributed by atoms with Crippen LogP contribution in [0.5, 0.6) is 0 Å². The predicted octanol–water partition coefficient (Wildman–Crippen LogP) is 2.18. The minimum Gasteiger partial charge on any atom is -0.520 e. The van der Waals surface area contributed by atoms with Crippen LogP contribution in [0.15, 0.2) is 78.1 Å². The van der Waals surface area contributed by atoms with Crippen LogP contribution in [0.25, 0.3) is 0 Å². The number of carbonyl (C=O) groups excluding carboxylic acids is 1. The average Bonchev–Trinajstić information content (AvgIpc) is 3.01. The van der Waals surface area contributed by atoms with Gasteiger partial charge in [0.15, 0.2) is 5.78 Å². The fraction of sp³-hybridized carbons (Fsp3) is 0.150. The van der Waals surface area contributed by atoms with E-state index in [1.54, 1.807) is 0 Å². The van der Waals surface area contributed by atoms with Gasteiger partial charge in [0, 0.05) is 17.6 Å². The van der Waals surface area contributed by atoms with Crippen molar-refractivity contribution in [2.75, 3.05) is 6.54 Å². The summed E-state index contributed by atoms with van der Waals surface area (Å²) in [6, 6.07) is 13.4. The summed E-state index contributed by atoms with van der Waals surface area (Å²) in [5, 5.41) is 0. The Morgan fingerprint density at radius 2 is 1.57 bits per heavy atom. The number of ketones is 1. The van der Waals surface area contributed by atoms with Gasteiger partial charge in [0.05, 0.1) is 4.90 Å². The lowest BCUT2D eigenvalue weighted by Gasteiger charge is -2.08. The summed E-state index contributed by atoms with van der Waals surface area (Å²) in [5.41, 5.74) is 2.27. The largest absolute Gasteiger partial charge is 0.632 e. The van der Waals surface area contributed by atoms with Crippen LogP contribution in [0, 0.1) is 0 Å². The lowest BCUT2D eigenvalue weighted by molar-refractivity contribution is 0.101. The number of nitrogens with one attached hydrogen (secondary N) is 1. The molecule has 0 saturated carbocycles. The maximum atomic E-state index is 12.3. The summed E-state index contributed by atoms with van der Waals surface area (Å²) >= 11 is 0. The lowest BCUT2D eigenvalue weighted by atomic mass is 9.79. The van der Waals surface area contributed by atoms with Crippen molar-refractivity contribution in [3.8, 4) is 0 Å². The fourth-order valence-electron chi connectivity index (χ4n) is 2.67. The van der Waals surface area contributed by atoms with E-state index in [2.05, 4.69) is 17.9 Å². The van der Waals surface area contributed by atoms with Crippen molar-refractivity contribution < 1.29 is 22.5 Å². The number of hydrogen-bond donors (Lipinski definition) is 1. The summed E-state index contributed by atoms with van der Waals surface area (Å²) in [6.45, 7) is 9.09. The molecule has 6 nitrogen and oxygen atoms in total. The van der Waals surface area contributed by atoms with Gasteiger partial charge in [0.25, 0.3) is 0 Å². The van der Waals surface area contributed by atoms with E-state index in [9.17, 15) is 13.2 Å². The Bertz CT molecular complexity index is 998. The summed E-state index contributed by atoms with van der Waals surface area (Å²) in [5.74, 6) is 0.724. The number of hydrogen-bond acceptors (Lipinski definition) is 5. The average molecular weight is 397 g/mol. The van der Waals surface area contributed by atoms with Gasteiger partial charge in [-0.25, -0.2) is 13.1 Å². The van der Waals surface area contributed by atoms with E-state index in [0.717, 1.165) is 11.0 Å². The summed E-state index contributed by atoms with van der Waals surface area (Å²) in [7, 11) is -4.18. The van der Waals surface area contributed by atoms with E-state index in [1.807, 2.05) is 24.3 Å². The molecule has 1 saturated heterocycles. The molecule has 144 valence electrons. The molecule has 0 unspecified atom stereocenters. The van der Waals surface area contributed by atoms with Gasteiger partial charge >= 0.3 is 7.12 Å². The molecule has 1 heterocycles. The standard InChI is InChI=1S/C20H20BNO5S/c1-14(23)18-6-10-20(11-7-18)28(24,25)22-13-12-17-4-8-19(9-5-17)21-26-15(2)16(3)27-21/h4-11,22H,2-3,12-13H2,1H3.